The van der Waals surface area contributed by atoms with Gasteiger partial charge in [-0.15, -0.1) is 0 Å². The SMILES string of the molecule is CC(CCCN)C(=O)Nc1ccc(Cl)c(F)c1. The second kappa shape index (κ2) is 6.57. The van der Waals surface area contributed by atoms with Crippen LogP contribution in [0, 0.1) is 11.7 Å². The largest absolute Gasteiger partial charge is 0.330 e. The molecule has 0 aliphatic rings. The summed E-state index contributed by atoms with van der Waals surface area (Å²) in [4.78, 5) is 11.7. The molecule has 5 heteroatoms. The minimum absolute atomic E-state index is 0.0409. The molecule has 3 N–H and O–H groups in total. The van der Waals surface area contributed by atoms with Crippen molar-refractivity contribution in [3.05, 3.63) is 29.0 Å². The van der Waals surface area contributed by atoms with Crippen molar-refractivity contribution < 1.29 is 9.18 Å². The average molecular weight is 259 g/mol. The Bertz CT molecular complexity index is 398. The summed E-state index contributed by atoms with van der Waals surface area (Å²) in [6.07, 6.45) is 1.52. The number of benzene rings is 1. The van der Waals surface area contributed by atoms with Crippen LogP contribution in [0.1, 0.15) is 19.8 Å². The van der Waals surface area contributed by atoms with E-state index in [4.69, 9.17) is 17.3 Å². The van der Waals surface area contributed by atoms with Crippen LogP contribution in [0.5, 0.6) is 0 Å². The number of hydrogen-bond donors (Lipinski definition) is 2. The third-order valence-electron chi connectivity index (χ3n) is 2.48. The van der Waals surface area contributed by atoms with Gasteiger partial charge < -0.3 is 11.1 Å². The summed E-state index contributed by atoms with van der Waals surface area (Å²) >= 11 is 5.55. The predicted molar refractivity (Wildman–Crippen MR) is 67.5 cm³/mol. The van der Waals surface area contributed by atoms with Crippen LogP contribution in [0.15, 0.2) is 18.2 Å². The number of hydrogen-bond acceptors (Lipinski definition) is 2. The van der Waals surface area contributed by atoms with Gasteiger partial charge in [0.2, 0.25) is 5.91 Å². The molecule has 94 valence electrons. The van der Waals surface area contributed by atoms with Gasteiger partial charge >= 0.3 is 0 Å². The molecule has 1 amide bonds. The highest BCUT2D eigenvalue weighted by Gasteiger charge is 2.12. The Hall–Kier alpha value is -1.13. The van der Waals surface area contributed by atoms with Gasteiger partial charge in [-0.3, -0.25) is 4.79 Å². The van der Waals surface area contributed by atoms with Gasteiger partial charge in [-0.05, 0) is 37.6 Å². The molecule has 0 radical (unpaired) electrons. The topological polar surface area (TPSA) is 55.1 Å². The number of carbonyl (C=O) groups excluding carboxylic acids is 1. The van der Waals surface area contributed by atoms with E-state index in [0.29, 0.717) is 12.2 Å². The first kappa shape index (κ1) is 13.9. The summed E-state index contributed by atoms with van der Waals surface area (Å²) < 4.78 is 13.1. The van der Waals surface area contributed by atoms with Crippen molar-refractivity contribution in [3.63, 3.8) is 0 Å². The lowest BCUT2D eigenvalue weighted by Gasteiger charge is -2.11. The van der Waals surface area contributed by atoms with Gasteiger partial charge in [0, 0.05) is 11.6 Å². The van der Waals surface area contributed by atoms with E-state index in [-0.39, 0.29) is 16.8 Å². The van der Waals surface area contributed by atoms with Crippen LogP contribution < -0.4 is 11.1 Å². The zero-order valence-electron chi connectivity index (χ0n) is 9.67. The zero-order chi connectivity index (χ0) is 12.8. The van der Waals surface area contributed by atoms with Crippen molar-refractivity contribution in [2.75, 3.05) is 11.9 Å². The van der Waals surface area contributed by atoms with Crippen LogP contribution in [-0.2, 0) is 4.79 Å². The maximum Gasteiger partial charge on any atom is 0.227 e. The lowest BCUT2D eigenvalue weighted by Crippen LogP contribution is -2.21. The summed E-state index contributed by atoms with van der Waals surface area (Å²) in [5, 5.41) is 2.68. The first-order chi connectivity index (χ1) is 8.04. The fraction of sp³-hybridized carbons (Fsp3) is 0.417. The smallest absolute Gasteiger partial charge is 0.227 e. The van der Waals surface area contributed by atoms with Crippen molar-refractivity contribution >= 4 is 23.2 Å². The van der Waals surface area contributed by atoms with Gasteiger partial charge in [-0.1, -0.05) is 18.5 Å². The second-order valence-electron chi connectivity index (χ2n) is 3.95. The Morgan fingerprint density at radius 1 is 1.59 bits per heavy atom. The lowest BCUT2D eigenvalue weighted by atomic mass is 10.0. The van der Waals surface area contributed by atoms with E-state index in [0.717, 1.165) is 12.8 Å². The van der Waals surface area contributed by atoms with Gasteiger partial charge in [-0.2, -0.15) is 0 Å². The van der Waals surface area contributed by atoms with Crippen LogP contribution in [0.4, 0.5) is 10.1 Å². The van der Waals surface area contributed by atoms with E-state index in [1.54, 1.807) is 6.07 Å². The number of amides is 1. The molecule has 0 saturated carbocycles. The fourth-order valence-electron chi connectivity index (χ4n) is 1.39. The van der Waals surface area contributed by atoms with Crippen LogP contribution in [0.25, 0.3) is 0 Å². The van der Waals surface area contributed by atoms with E-state index in [9.17, 15) is 9.18 Å². The Morgan fingerprint density at radius 3 is 2.88 bits per heavy atom. The molecule has 1 atom stereocenters. The van der Waals surface area contributed by atoms with Crippen LogP contribution in [-0.4, -0.2) is 12.5 Å². The number of nitrogens with one attached hydrogen (secondary N) is 1. The third-order valence-corrected chi connectivity index (χ3v) is 2.78. The van der Waals surface area contributed by atoms with Gasteiger partial charge in [0.05, 0.1) is 5.02 Å². The van der Waals surface area contributed by atoms with Gasteiger partial charge in [0.15, 0.2) is 0 Å². The fourth-order valence-corrected chi connectivity index (χ4v) is 1.51. The monoisotopic (exact) mass is 258 g/mol. The average Bonchev–Trinajstić information content (AvgIpc) is 2.30. The van der Waals surface area contributed by atoms with Crippen molar-refractivity contribution in [3.8, 4) is 0 Å². The summed E-state index contributed by atoms with van der Waals surface area (Å²) in [6, 6.07) is 4.19. The molecule has 1 unspecified atom stereocenters. The molecular formula is C12H16ClFN2O. The molecule has 0 spiro atoms. The summed E-state index contributed by atoms with van der Waals surface area (Å²) in [7, 11) is 0. The molecule has 17 heavy (non-hydrogen) atoms. The maximum absolute atomic E-state index is 13.1. The third kappa shape index (κ3) is 4.32. The van der Waals surface area contributed by atoms with E-state index in [1.165, 1.54) is 12.1 Å². The van der Waals surface area contributed by atoms with Gasteiger partial charge in [-0.25, -0.2) is 4.39 Å². The van der Waals surface area contributed by atoms with E-state index in [2.05, 4.69) is 5.32 Å². The molecule has 0 aliphatic heterocycles. The minimum Gasteiger partial charge on any atom is -0.330 e. The molecule has 1 aromatic rings. The quantitative estimate of drug-likeness (QED) is 0.853. The standard InChI is InChI=1S/C12H16ClFN2O/c1-8(3-2-6-15)12(17)16-9-4-5-10(13)11(14)7-9/h4-5,7-8H,2-3,6,15H2,1H3,(H,16,17). The van der Waals surface area contributed by atoms with E-state index < -0.39 is 5.82 Å². The van der Waals surface area contributed by atoms with Crippen molar-refractivity contribution in [2.24, 2.45) is 11.7 Å². The summed E-state index contributed by atoms with van der Waals surface area (Å²) in [5.74, 6) is -0.823. The number of anilines is 1. The Balaban J connectivity index is 2.58. The highest BCUT2D eigenvalue weighted by molar-refractivity contribution is 6.30. The molecule has 3 nitrogen and oxygen atoms in total. The van der Waals surface area contributed by atoms with E-state index >= 15 is 0 Å². The minimum atomic E-state index is -0.543. The van der Waals surface area contributed by atoms with Gasteiger partial charge in [0.1, 0.15) is 5.82 Å². The summed E-state index contributed by atoms with van der Waals surface area (Å²) in [6.45, 7) is 2.38. The molecule has 0 bridgehead atoms. The molecular weight excluding hydrogens is 243 g/mol. The normalized spacial score (nSPS) is 12.2. The molecule has 0 saturated heterocycles. The Kier molecular flexibility index (Phi) is 5.38. The molecule has 0 aromatic heterocycles. The number of carbonyl (C=O) groups is 1. The molecule has 0 aliphatic carbocycles. The molecule has 0 heterocycles. The number of rotatable bonds is 5. The van der Waals surface area contributed by atoms with E-state index in [1.807, 2.05) is 6.92 Å². The van der Waals surface area contributed by atoms with Crippen molar-refractivity contribution in [2.45, 2.75) is 19.8 Å². The van der Waals surface area contributed by atoms with Crippen molar-refractivity contribution in [1.29, 1.82) is 0 Å². The highest BCUT2D eigenvalue weighted by Crippen LogP contribution is 2.19. The molecule has 0 fully saturated rings. The summed E-state index contributed by atoms with van der Waals surface area (Å²) in [5.41, 5.74) is 5.78. The molecule has 1 rings (SSSR count). The first-order valence-corrected chi connectivity index (χ1v) is 5.88. The predicted octanol–water partition coefficient (Wildman–Crippen LogP) is 2.79. The number of nitrogens with two attached hydrogens (primary N) is 1. The first-order valence-electron chi connectivity index (χ1n) is 5.50. The van der Waals surface area contributed by atoms with Crippen molar-refractivity contribution in [1.82, 2.24) is 0 Å². The van der Waals surface area contributed by atoms with Crippen LogP contribution >= 0.6 is 11.6 Å². The van der Waals surface area contributed by atoms with Crippen LogP contribution in [0.2, 0.25) is 5.02 Å². The van der Waals surface area contributed by atoms with Crippen LogP contribution in [0.3, 0.4) is 0 Å². The second-order valence-corrected chi connectivity index (χ2v) is 4.36. The maximum atomic E-state index is 13.1. The Labute approximate surface area is 105 Å². The van der Waals surface area contributed by atoms with Gasteiger partial charge in [0.25, 0.3) is 0 Å². The highest BCUT2D eigenvalue weighted by atomic mass is 35.5. The molecule has 1 aromatic carbocycles. The number of halogens is 2. The Morgan fingerprint density at radius 2 is 2.29 bits per heavy atom. The lowest BCUT2D eigenvalue weighted by molar-refractivity contribution is -0.119. The zero-order valence-corrected chi connectivity index (χ0v) is 10.4.